The van der Waals surface area contributed by atoms with Crippen molar-refractivity contribution in [2.24, 2.45) is 10.5 Å². The second kappa shape index (κ2) is 8.37. The maximum absolute atomic E-state index is 13.1. The highest BCUT2D eigenvalue weighted by Gasteiger charge is 2.47. The Morgan fingerprint density at radius 1 is 1.25 bits per heavy atom. The molecular formula is C20H20Cl2FN3O2. The van der Waals surface area contributed by atoms with Gasteiger partial charge in [-0.05, 0) is 56.3 Å². The van der Waals surface area contributed by atoms with E-state index in [-0.39, 0.29) is 18.4 Å². The van der Waals surface area contributed by atoms with Gasteiger partial charge in [-0.15, -0.1) is 0 Å². The van der Waals surface area contributed by atoms with Gasteiger partial charge in [-0.25, -0.2) is 4.39 Å². The van der Waals surface area contributed by atoms with Gasteiger partial charge in [0.25, 0.3) is 0 Å². The average Bonchev–Trinajstić information content (AvgIpc) is 3.02. The van der Waals surface area contributed by atoms with Crippen molar-refractivity contribution in [3.63, 3.8) is 0 Å². The van der Waals surface area contributed by atoms with Crippen molar-refractivity contribution < 1.29 is 13.9 Å². The lowest BCUT2D eigenvalue weighted by Crippen LogP contribution is -2.38. The zero-order chi connectivity index (χ0) is 20.3. The van der Waals surface area contributed by atoms with Crippen molar-refractivity contribution in [2.45, 2.75) is 13.8 Å². The highest BCUT2D eigenvalue weighted by Crippen LogP contribution is 2.35. The van der Waals surface area contributed by atoms with Crippen LogP contribution in [0.5, 0.6) is 0 Å². The van der Waals surface area contributed by atoms with Crippen molar-refractivity contribution in [1.82, 2.24) is 0 Å². The van der Waals surface area contributed by atoms with Crippen molar-refractivity contribution >= 4 is 46.3 Å². The lowest BCUT2D eigenvalue weighted by Gasteiger charge is -2.23. The summed E-state index contributed by atoms with van der Waals surface area (Å²) >= 11 is 12.1. The van der Waals surface area contributed by atoms with Crippen LogP contribution in [-0.4, -0.2) is 31.4 Å². The molecule has 1 heterocycles. The molecule has 1 N–H and O–H groups in total. The van der Waals surface area contributed by atoms with Crippen LogP contribution in [0.2, 0.25) is 10.0 Å². The summed E-state index contributed by atoms with van der Waals surface area (Å²) in [4.78, 5) is 14.7. The zero-order valence-corrected chi connectivity index (χ0v) is 17.0. The van der Waals surface area contributed by atoms with Crippen molar-refractivity contribution in [2.75, 3.05) is 30.0 Å². The number of anilines is 2. The molecule has 0 saturated carbocycles. The molecule has 0 radical (unpaired) electrons. The largest absolute Gasteiger partial charge is 0.465 e. The molecule has 0 spiro atoms. The number of hydrogen-bond donors (Lipinski definition) is 1. The molecule has 1 aliphatic heterocycles. The molecule has 3 rings (SSSR count). The molecule has 1 atom stereocenters. The average molecular weight is 424 g/mol. The molecule has 2 aromatic carbocycles. The molecule has 1 saturated heterocycles. The first kappa shape index (κ1) is 20.4. The molecule has 2 aromatic rings. The highest BCUT2D eigenvalue weighted by molar-refractivity contribution is 6.42. The van der Waals surface area contributed by atoms with E-state index < -0.39 is 5.41 Å². The summed E-state index contributed by atoms with van der Waals surface area (Å²) in [6.07, 6.45) is 0. The maximum atomic E-state index is 13.1. The molecule has 0 aromatic heterocycles. The van der Waals surface area contributed by atoms with Crippen molar-refractivity contribution in [3.8, 4) is 0 Å². The van der Waals surface area contributed by atoms with Crippen LogP contribution in [0.3, 0.4) is 0 Å². The van der Waals surface area contributed by atoms with Crippen molar-refractivity contribution in [1.29, 1.82) is 0 Å². The third-order valence-electron chi connectivity index (χ3n) is 4.64. The Hall–Kier alpha value is -2.31. The molecule has 5 nitrogen and oxygen atoms in total. The number of halogens is 3. The number of carbonyl (C=O) groups is 1. The molecule has 0 aliphatic carbocycles. The maximum Gasteiger partial charge on any atom is 0.319 e. The van der Waals surface area contributed by atoms with Crippen LogP contribution in [0.4, 0.5) is 15.8 Å². The first-order valence-electron chi connectivity index (χ1n) is 8.79. The molecule has 148 valence electrons. The Kier molecular flexibility index (Phi) is 6.10. The third-order valence-corrected chi connectivity index (χ3v) is 5.38. The minimum Gasteiger partial charge on any atom is -0.465 e. The number of rotatable bonds is 5. The number of benzene rings is 2. The van der Waals surface area contributed by atoms with Gasteiger partial charge in [-0.1, -0.05) is 23.2 Å². The lowest BCUT2D eigenvalue weighted by molar-refractivity contribution is -0.149. The van der Waals surface area contributed by atoms with Gasteiger partial charge < -0.3 is 9.64 Å². The van der Waals surface area contributed by atoms with E-state index in [0.29, 0.717) is 34.5 Å². The van der Waals surface area contributed by atoms with Crippen LogP contribution in [0.25, 0.3) is 0 Å². The Morgan fingerprint density at radius 2 is 1.96 bits per heavy atom. The van der Waals surface area contributed by atoms with Gasteiger partial charge in [-0.2, -0.15) is 5.10 Å². The van der Waals surface area contributed by atoms with E-state index in [4.69, 9.17) is 27.9 Å². The predicted octanol–water partition coefficient (Wildman–Crippen LogP) is 4.99. The van der Waals surface area contributed by atoms with Gasteiger partial charge in [-0.3, -0.25) is 10.2 Å². The second-order valence-corrected chi connectivity index (χ2v) is 7.50. The molecule has 0 bridgehead atoms. The third kappa shape index (κ3) is 4.23. The Labute approximate surface area is 173 Å². The quantitative estimate of drug-likeness (QED) is 0.543. The molecule has 28 heavy (non-hydrogen) atoms. The Morgan fingerprint density at radius 3 is 2.61 bits per heavy atom. The van der Waals surface area contributed by atoms with Gasteiger partial charge in [0.1, 0.15) is 11.2 Å². The lowest BCUT2D eigenvalue weighted by atomic mass is 9.88. The van der Waals surface area contributed by atoms with E-state index in [2.05, 4.69) is 10.5 Å². The molecule has 8 heteroatoms. The Balaban J connectivity index is 1.90. The fraction of sp³-hybridized carbons (Fsp3) is 0.300. The van der Waals surface area contributed by atoms with Gasteiger partial charge >= 0.3 is 5.97 Å². The van der Waals surface area contributed by atoms with Crippen molar-refractivity contribution in [3.05, 3.63) is 58.3 Å². The van der Waals surface area contributed by atoms with Gasteiger partial charge in [0.15, 0.2) is 0 Å². The van der Waals surface area contributed by atoms with Crippen LogP contribution < -0.4 is 10.3 Å². The summed E-state index contributed by atoms with van der Waals surface area (Å²) in [5.74, 6) is -0.682. The first-order valence-corrected chi connectivity index (χ1v) is 9.55. The number of nitrogens with one attached hydrogen (secondary N) is 1. The SMILES string of the molecule is CCOC(=O)C1(C)CN(c2ccc(Cl)c(Cl)c2)C/C1=N\Nc1ccc(F)cc1. The number of hydrazone groups is 1. The number of ether oxygens (including phenoxy) is 1. The summed E-state index contributed by atoms with van der Waals surface area (Å²) in [6.45, 7) is 4.63. The standard InChI is InChI=1S/C20H20Cl2FN3O2/c1-3-28-19(27)20(2)12-26(15-8-9-16(21)17(22)10-15)11-18(20)25-24-14-6-4-13(23)5-7-14/h4-10,24H,3,11-12H2,1-2H3/b25-18+. The van der Waals surface area contributed by atoms with E-state index >= 15 is 0 Å². The topological polar surface area (TPSA) is 53.9 Å². The molecule has 0 amide bonds. The molecule has 1 unspecified atom stereocenters. The fourth-order valence-corrected chi connectivity index (χ4v) is 3.33. The molecule has 1 fully saturated rings. The second-order valence-electron chi connectivity index (χ2n) is 6.68. The van der Waals surface area contributed by atoms with Gasteiger partial charge in [0.05, 0.1) is 34.6 Å². The predicted molar refractivity (Wildman–Crippen MR) is 111 cm³/mol. The van der Waals surface area contributed by atoms with E-state index in [1.165, 1.54) is 12.1 Å². The van der Waals surface area contributed by atoms with Crippen LogP contribution in [0, 0.1) is 11.2 Å². The summed E-state index contributed by atoms with van der Waals surface area (Å²) in [5.41, 5.74) is 4.02. The smallest absolute Gasteiger partial charge is 0.319 e. The van der Waals surface area contributed by atoms with Crippen LogP contribution in [0.15, 0.2) is 47.6 Å². The number of esters is 1. The van der Waals surface area contributed by atoms with Gasteiger partial charge in [0, 0.05) is 12.2 Å². The number of nitrogens with zero attached hydrogens (tertiary/aromatic N) is 2. The van der Waals surface area contributed by atoms with E-state index in [1.807, 2.05) is 11.0 Å². The number of carbonyl (C=O) groups excluding carboxylic acids is 1. The normalized spacial score (nSPS) is 20.5. The first-order chi connectivity index (χ1) is 13.3. The molecular weight excluding hydrogens is 404 g/mol. The fourth-order valence-electron chi connectivity index (χ4n) is 3.04. The zero-order valence-electron chi connectivity index (χ0n) is 15.5. The van der Waals surface area contributed by atoms with Crippen LogP contribution in [0.1, 0.15) is 13.8 Å². The summed E-state index contributed by atoms with van der Waals surface area (Å²) in [6, 6.07) is 11.1. The van der Waals surface area contributed by atoms with Crippen LogP contribution >= 0.6 is 23.2 Å². The number of hydrogen-bond acceptors (Lipinski definition) is 5. The van der Waals surface area contributed by atoms with Crippen LogP contribution in [-0.2, 0) is 9.53 Å². The highest BCUT2D eigenvalue weighted by atomic mass is 35.5. The monoisotopic (exact) mass is 423 g/mol. The minimum absolute atomic E-state index is 0.278. The van der Waals surface area contributed by atoms with E-state index in [1.54, 1.807) is 38.1 Å². The van der Waals surface area contributed by atoms with Gasteiger partial charge in [0.2, 0.25) is 0 Å². The van der Waals surface area contributed by atoms with E-state index in [9.17, 15) is 9.18 Å². The summed E-state index contributed by atoms with van der Waals surface area (Å²) < 4.78 is 18.4. The minimum atomic E-state index is -0.935. The molecule has 1 aliphatic rings. The summed E-state index contributed by atoms with van der Waals surface area (Å²) in [7, 11) is 0. The van der Waals surface area contributed by atoms with E-state index in [0.717, 1.165) is 5.69 Å². The summed E-state index contributed by atoms with van der Waals surface area (Å²) in [5, 5.41) is 5.34. The Bertz CT molecular complexity index is 905.